The highest BCUT2D eigenvalue weighted by Crippen LogP contribution is 2.37. The average molecular weight is 288 g/mol. The SMILES string of the molecule is COc1ccc2c(OC)cc3cc4ccccc4cc3c2c1. The van der Waals surface area contributed by atoms with Crippen molar-refractivity contribution in [2.45, 2.75) is 0 Å². The number of hydrogen-bond donors (Lipinski definition) is 0. The first-order chi connectivity index (χ1) is 10.8. The topological polar surface area (TPSA) is 18.5 Å². The maximum Gasteiger partial charge on any atom is 0.127 e. The third-order valence-corrected chi connectivity index (χ3v) is 4.21. The van der Waals surface area contributed by atoms with Crippen LogP contribution in [0.1, 0.15) is 0 Å². The van der Waals surface area contributed by atoms with Gasteiger partial charge < -0.3 is 9.47 Å². The molecule has 2 nitrogen and oxygen atoms in total. The molecule has 0 saturated heterocycles. The normalized spacial score (nSPS) is 11.2. The van der Waals surface area contributed by atoms with E-state index < -0.39 is 0 Å². The first-order valence-electron chi connectivity index (χ1n) is 7.27. The summed E-state index contributed by atoms with van der Waals surface area (Å²) in [4.78, 5) is 0. The third-order valence-electron chi connectivity index (χ3n) is 4.21. The minimum absolute atomic E-state index is 0.857. The minimum atomic E-state index is 0.857. The van der Waals surface area contributed by atoms with Crippen LogP contribution in [0.25, 0.3) is 32.3 Å². The number of ether oxygens (including phenoxy) is 2. The lowest BCUT2D eigenvalue weighted by Gasteiger charge is -2.12. The first-order valence-corrected chi connectivity index (χ1v) is 7.27. The van der Waals surface area contributed by atoms with E-state index in [0.717, 1.165) is 22.3 Å². The Balaban J connectivity index is 2.21. The monoisotopic (exact) mass is 288 g/mol. The van der Waals surface area contributed by atoms with Crippen LogP contribution in [0, 0.1) is 0 Å². The third kappa shape index (κ3) is 1.88. The highest BCUT2D eigenvalue weighted by atomic mass is 16.5. The zero-order valence-corrected chi connectivity index (χ0v) is 12.6. The number of benzene rings is 4. The molecule has 0 N–H and O–H groups in total. The van der Waals surface area contributed by atoms with Gasteiger partial charge in [-0.25, -0.2) is 0 Å². The summed E-state index contributed by atoms with van der Waals surface area (Å²) in [5.74, 6) is 1.75. The van der Waals surface area contributed by atoms with Crippen molar-refractivity contribution in [3.63, 3.8) is 0 Å². The van der Waals surface area contributed by atoms with Gasteiger partial charge in [-0.2, -0.15) is 0 Å². The smallest absolute Gasteiger partial charge is 0.127 e. The molecule has 0 spiro atoms. The number of methoxy groups -OCH3 is 2. The molecule has 0 fully saturated rings. The van der Waals surface area contributed by atoms with E-state index in [1.54, 1.807) is 14.2 Å². The maximum absolute atomic E-state index is 5.58. The zero-order valence-electron chi connectivity index (χ0n) is 12.6. The minimum Gasteiger partial charge on any atom is -0.497 e. The number of hydrogen-bond acceptors (Lipinski definition) is 2. The summed E-state index contributed by atoms with van der Waals surface area (Å²) >= 11 is 0. The van der Waals surface area contributed by atoms with E-state index in [1.807, 2.05) is 6.07 Å². The van der Waals surface area contributed by atoms with Gasteiger partial charge in [0.25, 0.3) is 0 Å². The molecule has 0 radical (unpaired) electrons. The Morgan fingerprint density at radius 3 is 2.09 bits per heavy atom. The predicted molar refractivity (Wildman–Crippen MR) is 92.1 cm³/mol. The van der Waals surface area contributed by atoms with Gasteiger partial charge in [-0.05, 0) is 63.3 Å². The van der Waals surface area contributed by atoms with E-state index in [-0.39, 0.29) is 0 Å². The highest BCUT2D eigenvalue weighted by Gasteiger charge is 2.09. The average Bonchev–Trinajstić information content (AvgIpc) is 2.58. The second kappa shape index (κ2) is 4.92. The van der Waals surface area contributed by atoms with Crippen LogP contribution in [0.4, 0.5) is 0 Å². The lowest BCUT2D eigenvalue weighted by molar-refractivity contribution is 0.414. The molecule has 2 heteroatoms. The standard InChI is InChI=1S/C20H16O2/c1-21-16-7-8-17-19(12-16)18-10-14-6-4-3-5-13(14)9-15(18)11-20(17)22-2/h3-12H,1-2H3. The first kappa shape index (κ1) is 13.0. The van der Waals surface area contributed by atoms with E-state index in [1.165, 1.54) is 21.5 Å². The molecule has 0 unspecified atom stereocenters. The lowest BCUT2D eigenvalue weighted by atomic mass is 9.97. The molecule has 22 heavy (non-hydrogen) atoms. The van der Waals surface area contributed by atoms with Gasteiger partial charge in [0.15, 0.2) is 0 Å². The summed E-state index contributed by atoms with van der Waals surface area (Å²) in [6.45, 7) is 0. The highest BCUT2D eigenvalue weighted by molar-refractivity contribution is 6.14. The molecule has 0 amide bonds. The van der Waals surface area contributed by atoms with Crippen LogP contribution in [-0.2, 0) is 0 Å². The number of fused-ring (bicyclic) bond motifs is 4. The largest absolute Gasteiger partial charge is 0.497 e. The molecule has 108 valence electrons. The Labute approximate surface area is 128 Å². The van der Waals surface area contributed by atoms with Crippen molar-refractivity contribution in [2.75, 3.05) is 14.2 Å². The van der Waals surface area contributed by atoms with Crippen LogP contribution in [0.5, 0.6) is 11.5 Å². The molecule has 0 atom stereocenters. The zero-order chi connectivity index (χ0) is 15.1. The van der Waals surface area contributed by atoms with Crippen LogP contribution in [0.2, 0.25) is 0 Å². The summed E-state index contributed by atoms with van der Waals surface area (Å²) in [7, 11) is 3.41. The summed E-state index contributed by atoms with van der Waals surface area (Å²) < 4.78 is 11.0. The summed E-state index contributed by atoms with van der Waals surface area (Å²) in [5, 5.41) is 7.12. The molecular formula is C20H16O2. The van der Waals surface area contributed by atoms with Gasteiger partial charge in [0.1, 0.15) is 11.5 Å². The van der Waals surface area contributed by atoms with Crippen molar-refractivity contribution < 1.29 is 9.47 Å². The lowest BCUT2D eigenvalue weighted by Crippen LogP contribution is -1.89. The van der Waals surface area contributed by atoms with E-state index in [9.17, 15) is 0 Å². The molecule has 0 saturated carbocycles. The van der Waals surface area contributed by atoms with Crippen LogP contribution < -0.4 is 9.47 Å². The Hall–Kier alpha value is -2.74. The second-order valence-corrected chi connectivity index (χ2v) is 5.41. The van der Waals surface area contributed by atoms with E-state index >= 15 is 0 Å². The summed E-state index contributed by atoms with van der Waals surface area (Å²) in [6, 6.07) is 21.1. The molecule has 0 heterocycles. The van der Waals surface area contributed by atoms with Crippen molar-refractivity contribution in [1.29, 1.82) is 0 Å². The maximum atomic E-state index is 5.58. The van der Waals surface area contributed by atoms with E-state index in [4.69, 9.17) is 9.47 Å². The molecule has 0 aromatic heterocycles. The van der Waals surface area contributed by atoms with Crippen LogP contribution >= 0.6 is 0 Å². The van der Waals surface area contributed by atoms with Gasteiger partial charge in [0, 0.05) is 5.39 Å². The second-order valence-electron chi connectivity index (χ2n) is 5.41. The van der Waals surface area contributed by atoms with Gasteiger partial charge in [0.2, 0.25) is 0 Å². The van der Waals surface area contributed by atoms with Crippen molar-refractivity contribution in [2.24, 2.45) is 0 Å². The molecule has 4 aromatic carbocycles. The quantitative estimate of drug-likeness (QED) is 0.374. The van der Waals surface area contributed by atoms with Crippen molar-refractivity contribution >= 4 is 32.3 Å². The molecule has 4 aromatic rings. The summed E-state index contributed by atoms with van der Waals surface area (Å²) in [5.41, 5.74) is 0. The Bertz CT molecular complexity index is 1000. The molecule has 0 aliphatic heterocycles. The predicted octanol–water partition coefficient (Wildman–Crippen LogP) is 5.16. The van der Waals surface area contributed by atoms with Crippen molar-refractivity contribution in [3.8, 4) is 11.5 Å². The Morgan fingerprint density at radius 1 is 0.591 bits per heavy atom. The fourth-order valence-electron chi connectivity index (χ4n) is 3.09. The van der Waals surface area contributed by atoms with Gasteiger partial charge in [0.05, 0.1) is 14.2 Å². The molecule has 0 aliphatic rings. The van der Waals surface area contributed by atoms with Crippen LogP contribution in [0.15, 0.2) is 60.7 Å². The van der Waals surface area contributed by atoms with Gasteiger partial charge in [-0.3, -0.25) is 0 Å². The van der Waals surface area contributed by atoms with E-state index in [0.29, 0.717) is 0 Å². The molecule has 4 rings (SSSR count). The van der Waals surface area contributed by atoms with Crippen LogP contribution in [0.3, 0.4) is 0 Å². The Morgan fingerprint density at radius 2 is 1.36 bits per heavy atom. The molecule has 0 aliphatic carbocycles. The van der Waals surface area contributed by atoms with Gasteiger partial charge >= 0.3 is 0 Å². The van der Waals surface area contributed by atoms with E-state index in [2.05, 4.69) is 54.6 Å². The van der Waals surface area contributed by atoms with Crippen molar-refractivity contribution in [3.05, 3.63) is 60.7 Å². The Kier molecular flexibility index (Phi) is 2.90. The fraction of sp³-hybridized carbons (Fsp3) is 0.100. The molecule has 0 bridgehead atoms. The van der Waals surface area contributed by atoms with Gasteiger partial charge in [-0.15, -0.1) is 0 Å². The molecular weight excluding hydrogens is 272 g/mol. The van der Waals surface area contributed by atoms with Crippen LogP contribution in [-0.4, -0.2) is 14.2 Å². The number of rotatable bonds is 2. The van der Waals surface area contributed by atoms with Crippen molar-refractivity contribution in [1.82, 2.24) is 0 Å². The summed E-state index contributed by atoms with van der Waals surface area (Å²) in [6.07, 6.45) is 0. The van der Waals surface area contributed by atoms with Gasteiger partial charge in [-0.1, -0.05) is 24.3 Å². The fourth-order valence-corrected chi connectivity index (χ4v) is 3.09.